The van der Waals surface area contributed by atoms with Crippen LogP contribution in [0.15, 0.2) is 36.7 Å². The van der Waals surface area contributed by atoms with Gasteiger partial charge < -0.3 is 15.2 Å². The maximum Gasteiger partial charge on any atom is 0.222 e. The minimum absolute atomic E-state index is 0.0143. The van der Waals surface area contributed by atoms with Crippen LogP contribution in [0.2, 0.25) is 0 Å². The van der Waals surface area contributed by atoms with Crippen LogP contribution < -0.4 is 10.6 Å². The van der Waals surface area contributed by atoms with Gasteiger partial charge in [-0.2, -0.15) is 0 Å². The molecule has 28 heavy (non-hydrogen) atoms. The second-order valence-electron chi connectivity index (χ2n) is 7.16. The van der Waals surface area contributed by atoms with Gasteiger partial charge in [-0.25, -0.2) is 9.97 Å². The van der Waals surface area contributed by atoms with E-state index < -0.39 is 0 Å². The van der Waals surface area contributed by atoms with Gasteiger partial charge in [0, 0.05) is 31.4 Å². The number of carbonyl (C=O) groups excluding carboxylic acids is 1. The lowest BCUT2D eigenvalue weighted by molar-refractivity contribution is -0.124. The summed E-state index contributed by atoms with van der Waals surface area (Å²) in [4.78, 5) is 22.2. The van der Waals surface area contributed by atoms with Gasteiger partial charge in [-0.1, -0.05) is 32.0 Å². The van der Waals surface area contributed by atoms with Crippen molar-refractivity contribution in [3.8, 4) is 10.4 Å². The second kappa shape index (κ2) is 7.24. The van der Waals surface area contributed by atoms with Crippen molar-refractivity contribution >= 4 is 44.3 Å². The van der Waals surface area contributed by atoms with Crippen LogP contribution in [0.25, 0.3) is 31.7 Å². The van der Waals surface area contributed by atoms with E-state index in [1.54, 1.807) is 11.3 Å². The van der Waals surface area contributed by atoms with Crippen molar-refractivity contribution in [3.63, 3.8) is 0 Å². The first-order chi connectivity index (χ1) is 13.5. The number of rotatable bonds is 5. The van der Waals surface area contributed by atoms with Gasteiger partial charge in [-0.3, -0.25) is 4.79 Å². The Morgan fingerprint density at radius 2 is 2.11 bits per heavy atom. The van der Waals surface area contributed by atoms with E-state index in [4.69, 9.17) is 4.98 Å². The zero-order valence-corrected chi connectivity index (χ0v) is 17.2. The van der Waals surface area contributed by atoms with Gasteiger partial charge in [0.1, 0.15) is 5.52 Å². The van der Waals surface area contributed by atoms with Gasteiger partial charge in [-0.05, 0) is 23.3 Å². The van der Waals surface area contributed by atoms with Crippen molar-refractivity contribution in [2.45, 2.75) is 20.4 Å². The first kappa shape index (κ1) is 18.4. The molecule has 0 aliphatic carbocycles. The number of benzene rings is 1. The fourth-order valence-corrected chi connectivity index (χ4v) is 4.40. The summed E-state index contributed by atoms with van der Waals surface area (Å²) >= 11 is 1.72. The highest BCUT2D eigenvalue weighted by Gasteiger charge is 2.16. The number of carbonyl (C=O) groups is 1. The highest BCUT2D eigenvalue weighted by molar-refractivity contribution is 7.23. The standard InChI is InChI=1S/C21H23N5OS/c1-12(2)21(27)23-10-13-6-5-7-14(8-13)16-9-15-19(28-16)18-17(20(22-3)25-15)24-11-26(18)4/h5-9,11-12H,10H2,1-4H3,(H,22,25)(H,23,27). The lowest BCUT2D eigenvalue weighted by Crippen LogP contribution is -2.27. The predicted octanol–water partition coefficient (Wildman–Crippen LogP) is 4.16. The Morgan fingerprint density at radius 1 is 1.29 bits per heavy atom. The lowest BCUT2D eigenvalue weighted by atomic mass is 10.1. The van der Waals surface area contributed by atoms with Crippen molar-refractivity contribution in [2.75, 3.05) is 12.4 Å². The van der Waals surface area contributed by atoms with Crippen molar-refractivity contribution in [3.05, 3.63) is 42.2 Å². The minimum atomic E-state index is -0.0143. The Morgan fingerprint density at radius 3 is 2.86 bits per heavy atom. The van der Waals surface area contributed by atoms with Crippen LogP contribution >= 0.6 is 11.3 Å². The molecule has 4 aromatic rings. The average molecular weight is 394 g/mol. The molecule has 3 aromatic heterocycles. The SMILES string of the molecule is CNc1nc2cc(-c3cccc(CNC(=O)C(C)C)c3)sc2c2c1ncn2C. The molecule has 0 aliphatic heterocycles. The number of fused-ring (bicyclic) bond motifs is 3. The third-order valence-electron chi connectivity index (χ3n) is 4.76. The summed E-state index contributed by atoms with van der Waals surface area (Å²) in [7, 11) is 3.87. The van der Waals surface area contributed by atoms with E-state index in [-0.39, 0.29) is 11.8 Å². The van der Waals surface area contributed by atoms with E-state index in [1.165, 1.54) is 0 Å². The molecule has 1 aromatic carbocycles. The molecular weight excluding hydrogens is 370 g/mol. The van der Waals surface area contributed by atoms with E-state index in [0.29, 0.717) is 6.54 Å². The van der Waals surface area contributed by atoms with Gasteiger partial charge >= 0.3 is 0 Å². The van der Waals surface area contributed by atoms with Crippen molar-refractivity contribution in [1.82, 2.24) is 19.9 Å². The Kier molecular flexibility index (Phi) is 4.77. The summed E-state index contributed by atoms with van der Waals surface area (Å²) in [6, 6.07) is 10.4. The quantitative estimate of drug-likeness (QED) is 0.534. The predicted molar refractivity (Wildman–Crippen MR) is 116 cm³/mol. The summed E-state index contributed by atoms with van der Waals surface area (Å²) in [5, 5.41) is 6.13. The molecule has 0 saturated carbocycles. The number of aromatic nitrogens is 3. The fraction of sp³-hybridized carbons (Fsp3) is 0.286. The number of nitrogens with one attached hydrogen (secondary N) is 2. The smallest absolute Gasteiger partial charge is 0.222 e. The van der Waals surface area contributed by atoms with Gasteiger partial charge in [0.25, 0.3) is 0 Å². The van der Waals surface area contributed by atoms with Crippen LogP contribution in [-0.4, -0.2) is 27.5 Å². The Balaban J connectivity index is 1.74. The van der Waals surface area contributed by atoms with E-state index in [1.807, 2.05) is 51.0 Å². The molecule has 0 atom stereocenters. The van der Waals surface area contributed by atoms with E-state index in [0.717, 1.165) is 43.1 Å². The van der Waals surface area contributed by atoms with Gasteiger partial charge in [0.15, 0.2) is 5.82 Å². The number of anilines is 1. The first-order valence-electron chi connectivity index (χ1n) is 9.27. The number of nitrogens with zero attached hydrogens (tertiary/aromatic N) is 3. The molecule has 0 saturated heterocycles. The first-order valence-corrected chi connectivity index (χ1v) is 10.1. The van der Waals surface area contributed by atoms with E-state index in [9.17, 15) is 4.79 Å². The Bertz CT molecular complexity index is 1170. The molecule has 4 rings (SSSR count). The van der Waals surface area contributed by atoms with E-state index >= 15 is 0 Å². The molecule has 144 valence electrons. The summed E-state index contributed by atoms with van der Waals surface area (Å²) in [5.74, 6) is 0.840. The highest BCUT2D eigenvalue weighted by Crippen LogP contribution is 2.38. The molecular formula is C21H23N5OS. The fourth-order valence-electron chi connectivity index (χ4n) is 3.22. The number of hydrogen-bond donors (Lipinski definition) is 2. The molecule has 0 fully saturated rings. The molecule has 2 N–H and O–H groups in total. The van der Waals surface area contributed by atoms with Crippen LogP contribution in [0.5, 0.6) is 0 Å². The van der Waals surface area contributed by atoms with Gasteiger partial charge in [-0.15, -0.1) is 11.3 Å². The van der Waals surface area contributed by atoms with Crippen LogP contribution in [0.4, 0.5) is 5.82 Å². The number of hydrogen-bond acceptors (Lipinski definition) is 5. The largest absolute Gasteiger partial charge is 0.371 e. The third-order valence-corrected chi connectivity index (χ3v) is 5.94. The summed E-state index contributed by atoms with van der Waals surface area (Å²) in [6.45, 7) is 4.33. The topological polar surface area (TPSA) is 71.8 Å². The second-order valence-corrected chi connectivity index (χ2v) is 8.21. The molecule has 0 spiro atoms. The zero-order chi connectivity index (χ0) is 19.8. The molecule has 0 aliphatic rings. The third kappa shape index (κ3) is 3.22. The highest BCUT2D eigenvalue weighted by atomic mass is 32.1. The van der Waals surface area contributed by atoms with Crippen LogP contribution in [0, 0.1) is 5.92 Å². The van der Waals surface area contributed by atoms with Crippen LogP contribution in [-0.2, 0) is 18.4 Å². The normalized spacial score (nSPS) is 11.5. The molecule has 6 nitrogen and oxygen atoms in total. The molecule has 0 unspecified atom stereocenters. The Hall–Kier alpha value is -2.93. The minimum Gasteiger partial charge on any atom is -0.371 e. The summed E-state index contributed by atoms with van der Waals surface area (Å²) < 4.78 is 3.17. The van der Waals surface area contributed by atoms with E-state index in [2.05, 4.69) is 33.8 Å². The van der Waals surface area contributed by atoms with Crippen molar-refractivity contribution in [1.29, 1.82) is 0 Å². The molecule has 0 radical (unpaired) electrons. The van der Waals surface area contributed by atoms with Crippen LogP contribution in [0.3, 0.4) is 0 Å². The number of imidazole rings is 1. The zero-order valence-electron chi connectivity index (χ0n) is 16.4. The molecule has 3 heterocycles. The number of amides is 1. The monoisotopic (exact) mass is 393 g/mol. The van der Waals surface area contributed by atoms with Gasteiger partial charge in [0.05, 0.1) is 22.1 Å². The maximum absolute atomic E-state index is 11.8. The lowest BCUT2D eigenvalue weighted by Gasteiger charge is -2.08. The maximum atomic E-state index is 11.8. The summed E-state index contributed by atoms with van der Waals surface area (Å²) in [6.07, 6.45) is 1.82. The average Bonchev–Trinajstić information content (AvgIpc) is 3.29. The van der Waals surface area contributed by atoms with Gasteiger partial charge in [0.2, 0.25) is 5.91 Å². The van der Waals surface area contributed by atoms with Crippen molar-refractivity contribution < 1.29 is 4.79 Å². The molecule has 1 amide bonds. The number of pyridine rings is 1. The summed E-state index contributed by atoms with van der Waals surface area (Å²) in [5.41, 5.74) is 5.14. The number of aryl methyl sites for hydroxylation is 1. The number of thiophene rings is 1. The molecule has 0 bridgehead atoms. The molecule has 7 heteroatoms. The van der Waals surface area contributed by atoms with Crippen LogP contribution in [0.1, 0.15) is 19.4 Å². The Labute approximate surface area is 167 Å². The van der Waals surface area contributed by atoms with Crippen molar-refractivity contribution in [2.24, 2.45) is 13.0 Å².